The number of amides is 1. The van der Waals surface area contributed by atoms with Gasteiger partial charge in [-0.1, -0.05) is 42.1 Å². The first-order chi connectivity index (χ1) is 10.8. The van der Waals surface area contributed by atoms with Crippen LogP contribution in [0.5, 0.6) is 0 Å². The van der Waals surface area contributed by atoms with Crippen molar-refractivity contribution in [2.24, 2.45) is 0 Å². The van der Waals surface area contributed by atoms with E-state index in [1.807, 2.05) is 30.3 Å². The lowest BCUT2D eigenvalue weighted by atomic mass is 10.2. The van der Waals surface area contributed by atoms with Crippen molar-refractivity contribution in [3.05, 3.63) is 49.8 Å². The number of benzene rings is 1. The maximum atomic E-state index is 12.3. The number of hydrogen-bond donors (Lipinski definition) is 2. The number of carbonyl (C=O) groups is 1. The predicted molar refractivity (Wildman–Crippen MR) is 88.3 cm³/mol. The number of thioether (sulfide) groups is 1. The fourth-order valence-electron chi connectivity index (χ4n) is 1.49. The first-order valence-corrected chi connectivity index (χ1v) is 8.18. The minimum Gasteiger partial charge on any atom is -0.302 e. The minimum atomic E-state index is -5.05. The highest BCUT2D eigenvalue weighted by molar-refractivity contribution is 14.1. The zero-order valence-electron chi connectivity index (χ0n) is 11.3. The third kappa shape index (κ3) is 4.96. The maximum Gasteiger partial charge on any atom is 0.471 e. The lowest BCUT2D eigenvalue weighted by Gasteiger charge is -2.09. The Morgan fingerprint density at radius 3 is 2.57 bits per heavy atom. The van der Waals surface area contributed by atoms with Crippen molar-refractivity contribution in [3.8, 4) is 0 Å². The van der Waals surface area contributed by atoms with Gasteiger partial charge in [0.05, 0.1) is 0 Å². The summed E-state index contributed by atoms with van der Waals surface area (Å²) in [5, 5.41) is 1.74. The normalized spacial score (nSPS) is 11.3. The first-order valence-electron chi connectivity index (χ1n) is 6.12. The lowest BCUT2D eigenvalue weighted by Crippen LogP contribution is -2.31. The first kappa shape index (κ1) is 17.8. The molecule has 0 radical (unpaired) electrons. The van der Waals surface area contributed by atoms with Gasteiger partial charge in [0.25, 0.3) is 5.56 Å². The van der Waals surface area contributed by atoms with Crippen molar-refractivity contribution in [3.63, 3.8) is 0 Å². The molecule has 1 aromatic heterocycles. The summed E-state index contributed by atoms with van der Waals surface area (Å²) >= 11 is 2.67. The average molecular weight is 455 g/mol. The van der Waals surface area contributed by atoms with Crippen molar-refractivity contribution < 1.29 is 18.0 Å². The van der Waals surface area contributed by atoms with Gasteiger partial charge in [-0.05, 0) is 28.2 Å². The van der Waals surface area contributed by atoms with Gasteiger partial charge in [-0.3, -0.25) is 9.59 Å². The van der Waals surface area contributed by atoms with Gasteiger partial charge in [0.2, 0.25) is 0 Å². The van der Waals surface area contributed by atoms with Gasteiger partial charge < -0.3 is 10.3 Å². The topological polar surface area (TPSA) is 74.8 Å². The van der Waals surface area contributed by atoms with Crippen LogP contribution in [-0.2, 0) is 10.5 Å². The number of aromatic amines is 1. The van der Waals surface area contributed by atoms with E-state index in [0.717, 1.165) is 17.3 Å². The molecule has 5 nitrogen and oxygen atoms in total. The Labute approximate surface area is 146 Å². The third-order valence-corrected chi connectivity index (χ3v) is 4.49. The van der Waals surface area contributed by atoms with E-state index in [2.05, 4.69) is 9.97 Å². The highest BCUT2D eigenvalue weighted by Crippen LogP contribution is 2.23. The van der Waals surface area contributed by atoms with E-state index >= 15 is 0 Å². The molecule has 1 heterocycles. The highest BCUT2D eigenvalue weighted by atomic mass is 127. The minimum absolute atomic E-state index is 0.121. The van der Waals surface area contributed by atoms with Crippen molar-refractivity contribution in [2.75, 3.05) is 5.32 Å². The van der Waals surface area contributed by atoms with E-state index in [1.165, 1.54) is 22.6 Å². The molecule has 122 valence electrons. The van der Waals surface area contributed by atoms with Gasteiger partial charge in [0.1, 0.15) is 3.57 Å². The number of halogens is 4. The number of hydrogen-bond acceptors (Lipinski definition) is 4. The second-order valence-electron chi connectivity index (χ2n) is 4.26. The molecule has 0 aliphatic heterocycles. The summed E-state index contributed by atoms with van der Waals surface area (Å²) in [5.74, 6) is -2.11. The Hall–Kier alpha value is -1.56. The molecule has 2 aromatic rings. The van der Waals surface area contributed by atoms with Crippen LogP contribution in [0.2, 0.25) is 0 Å². The fraction of sp³-hybridized carbons (Fsp3) is 0.154. The van der Waals surface area contributed by atoms with Crippen LogP contribution in [0.25, 0.3) is 0 Å². The Bertz CT molecular complexity index is 765. The zero-order chi connectivity index (χ0) is 17.0. The molecule has 1 amide bonds. The molecule has 0 fully saturated rings. The summed E-state index contributed by atoms with van der Waals surface area (Å²) in [5.41, 5.74) is 0.341. The molecule has 0 unspecified atom stereocenters. The van der Waals surface area contributed by atoms with Crippen LogP contribution in [0, 0.1) is 3.57 Å². The van der Waals surface area contributed by atoms with E-state index in [0.29, 0.717) is 5.75 Å². The Kier molecular flexibility index (Phi) is 5.68. The predicted octanol–water partition coefficient (Wildman–Crippen LogP) is 3.17. The number of nitrogens with zero attached hydrogens (tertiary/aromatic N) is 1. The number of rotatable bonds is 4. The second-order valence-corrected chi connectivity index (χ2v) is 6.30. The molecule has 2 rings (SSSR count). The van der Waals surface area contributed by atoms with E-state index in [1.54, 1.807) is 5.32 Å². The van der Waals surface area contributed by atoms with Crippen molar-refractivity contribution in [2.45, 2.75) is 17.1 Å². The molecule has 0 aliphatic rings. The number of aromatic nitrogens is 2. The van der Waals surface area contributed by atoms with Crippen LogP contribution < -0.4 is 10.9 Å². The monoisotopic (exact) mass is 455 g/mol. The number of H-pyrrole nitrogens is 1. The van der Waals surface area contributed by atoms with Crippen molar-refractivity contribution in [1.82, 2.24) is 9.97 Å². The van der Waals surface area contributed by atoms with Gasteiger partial charge in [-0.15, -0.1) is 0 Å². The second kappa shape index (κ2) is 7.34. The standard InChI is InChI=1S/C13H9F3IN3O2S/c14-13(15,16)11(22)18-9-8(17)10(21)20-12(19-9)23-6-7-4-2-1-3-5-7/h1-5H,6H2,(H2,18,19,20,21,22). The van der Waals surface area contributed by atoms with Crippen LogP contribution >= 0.6 is 34.4 Å². The van der Waals surface area contributed by atoms with E-state index in [9.17, 15) is 22.8 Å². The largest absolute Gasteiger partial charge is 0.471 e. The molecule has 0 bridgehead atoms. The summed E-state index contributed by atoms with van der Waals surface area (Å²) in [6.45, 7) is 0. The Balaban J connectivity index is 2.19. The number of anilines is 1. The molecule has 0 saturated carbocycles. The average Bonchev–Trinajstić information content (AvgIpc) is 2.50. The van der Waals surface area contributed by atoms with E-state index in [4.69, 9.17) is 0 Å². The molecule has 23 heavy (non-hydrogen) atoms. The highest BCUT2D eigenvalue weighted by Gasteiger charge is 2.39. The Morgan fingerprint density at radius 1 is 1.30 bits per heavy atom. The number of nitrogens with one attached hydrogen (secondary N) is 2. The quantitative estimate of drug-likeness (QED) is 0.422. The van der Waals surface area contributed by atoms with Crippen LogP contribution in [0.15, 0.2) is 40.3 Å². The SMILES string of the molecule is O=C(Nc1nc(SCc2ccccc2)[nH]c(=O)c1I)C(F)(F)F. The molecule has 0 saturated heterocycles. The molecule has 2 N–H and O–H groups in total. The molecular formula is C13H9F3IN3O2S. The molecule has 0 aliphatic carbocycles. The molecular weight excluding hydrogens is 446 g/mol. The lowest BCUT2D eigenvalue weighted by molar-refractivity contribution is -0.167. The molecule has 1 aromatic carbocycles. The third-order valence-electron chi connectivity index (χ3n) is 2.55. The van der Waals surface area contributed by atoms with Gasteiger partial charge in [0.15, 0.2) is 11.0 Å². The summed E-state index contributed by atoms with van der Waals surface area (Å²) in [6.07, 6.45) is -5.05. The van der Waals surface area contributed by atoms with Crippen LogP contribution in [0.1, 0.15) is 5.56 Å². The van der Waals surface area contributed by atoms with E-state index < -0.39 is 23.5 Å². The van der Waals surface area contributed by atoms with Crippen LogP contribution in [-0.4, -0.2) is 22.1 Å². The molecule has 0 atom stereocenters. The number of alkyl halides is 3. The van der Waals surface area contributed by atoms with Gasteiger partial charge in [-0.2, -0.15) is 13.2 Å². The summed E-state index contributed by atoms with van der Waals surface area (Å²) in [6, 6.07) is 9.27. The summed E-state index contributed by atoms with van der Waals surface area (Å²) in [4.78, 5) is 29.1. The Morgan fingerprint density at radius 2 is 1.96 bits per heavy atom. The van der Waals surface area contributed by atoms with E-state index in [-0.39, 0.29) is 8.73 Å². The van der Waals surface area contributed by atoms with Crippen molar-refractivity contribution >= 4 is 46.1 Å². The van der Waals surface area contributed by atoms with Gasteiger partial charge >= 0.3 is 12.1 Å². The van der Waals surface area contributed by atoms with Crippen LogP contribution in [0.4, 0.5) is 19.0 Å². The van der Waals surface area contributed by atoms with Crippen LogP contribution in [0.3, 0.4) is 0 Å². The summed E-state index contributed by atoms with van der Waals surface area (Å²) in [7, 11) is 0. The van der Waals surface area contributed by atoms with Gasteiger partial charge in [0, 0.05) is 5.75 Å². The van der Waals surface area contributed by atoms with Gasteiger partial charge in [-0.25, -0.2) is 4.98 Å². The molecule has 10 heteroatoms. The smallest absolute Gasteiger partial charge is 0.302 e. The summed E-state index contributed by atoms with van der Waals surface area (Å²) < 4.78 is 36.8. The molecule has 0 spiro atoms. The fourth-order valence-corrected chi connectivity index (χ4v) is 2.70. The maximum absolute atomic E-state index is 12.3. The zero-order valence-corrected chi connectivity index (χ0v) is 14.3. The number of carbonyl (C=O) groups excluding carboxylic acids is 1. The van der Waals surface area contributed by atoms with Crippen molar-refractivity contribution in [1.29, 1.82) is 0 Å².